The number of aromatic amines is 1. The maximum absolute atomic E-state index is 11.6. The van der Waals surface area contributed by atoms with Gasteiger partial charge in [0.2, 0.25) is 5.95 Å². The number of anilines is 1. The van der Waals surface area contributed by atoms with Gasteiger partial charge in [0.05, 0.1) is 24.5 Å². The zero-order chi connectivity index (χ0) is 19.8. The van der Waals surface area contributed by atoms with Crippen molar-refractivity contribution >= 4 is 23.8 Å². The smallest absolute Gasteiger partial charge is 0.252 e. The molecule has 0 amide bonds. The highest BCUT2D eigenvalue weighted by Crippen LogP contribution is 2.36. The van der Waals surface area contributed by atoms with E-state index in [4.69, 9.17) is 21.1 Å². The van der Waals surface area contributed by atoms with Gasteiger partial charge in [-0.2, -0.15) is 5.10 Å². The quantitative estimate of drug-likeness (QED) is 0.499. The lowest BCUT2D eigenvalue weighted by molar-refractivity contribution is 0.248. The molecule has 0 spiro atoms. The highest BCUT2D eigenvalue weighted by molar-refractivity contribution is 6.32. The van der Waals surface area contributed by atoms with E-state index in [9.17, 15) is 4.79 Å². The molecule has 0 radical (unpaired) electrons. The summed E-state index contributed by atoms with van der Waals surface area (Å²) in [4.78, 5) is 18.4. The number of nitrogens with zero attached hydrogens (tertiary/aromatic N) is 2. The molecule has 0 aliphatic carbocycles. The van der Waals surface area contributed by atoms with Crippen LogP contribution in [-0.4, -0.2) is 29.4 Å². The molecule has 1 aromatic carbocycles. The van der Waals surface area contributed by atoms with Crippen LogP contribution in [0.15, 0.2) is 28.1 Å². The summed E-state index contributed by atoms with van der Waals surface area (Å²) in [7, 11) is 0. The normalized spacial score (nSPS) is 11.2. The Morgan fingerprint density at radius 2 is 2.07 bits per heavy atom. The number of hydrazone groups is 1. The molecular formula is C19H25ClN4O3. The molecule has 1 aromatic heterocycles. The zero-order valence-corrected chi connectivity index (χ0v) is 16.8. The van der Waals surface area contributed by atoms with Crippen LogP contribution in [0.4, 0.5) is 5.95 Å². The predicted molar refractivity (Wildman–Crippen MR) is 108 cm³/mol. The third-order valence-electron chi connectivity index (χ3n) is 3.43. The largest absolute Gasteiger partial charge is 0.490 e. The van der Waals surface area contributed by atoms with Crippen molar-refractivity contribution in [3.8, 4) is 11.5 Å². The molecule has 0 atom stereocenters. The maximum atomic E-state index is 11.6. The van der Waals surface area contributed by atoms with Gasteiger partial charge in [-0.15, -0.1) is 0 Å². The molecule has 0 bridgehead atoms. The van der Waals surface area contributed by atoms with E-state index in [0.29, 0.717) is 47.8 Å². The first kappa shape index (κ1) is 20.8. The van der Waals surface area contributed by atoms with E-state index in [1.54, 1.807) is 18.3 Å². The molecular weight excluding hydrogens is 368 g/mol. The Labute approximate surface area is 163 Å². The second-order valence-corrected chi connectivity index (χ2v) is 6.68. The number of H-pyrrole nitrogens is 1. The third-order valence-corrected chi connectivity index (χ3v) is 3.71. The van der Waals surface area contributed by atoms with Gasteiger partial charge in [-0.25, -0.2) is 10.4 Å². The van der Waals surface area contributed by atoms with Crippen LogP contribution in [0.2, 0.25) is 5.02 Å². The standard InChI is InChI=1S/C19H25ClN4O3/c1-5-14-9-17(25)23-19(22-14)24-21-10-13-7-15(20)18(27-11-12(3)4)16(8-13)26-6-2/h7-10,12H,5-6,11H2,1-4H3,(H2,22,23,24,25)/b21-10-. The van der Waals surface area contributed by atoms with Gasteiger partial charge in [-0.1, -0.05) is 32.4 Å². The molecule has 2 aromatic rings. The number of nitrogens with one attached hydrogen (secondary N) is 2. The molecule has 0 aliphatic heterocycles. The third kappa shape index (κ3) is 6.29. The number of hydrogen-bond donors (Lipinski definition) is 2. The number of ether oxygens (including phenoxy) is 2. The first-order valence-corrected chi connectivity index (χ1v) is 9.29. The molecule has 0 saturated heterocycles. The Kier molecular flexibility index (Phi) is 7.67. The second-order valence-electron chi connectivity index (χ2n) is 6.28. The van der Waals surface area contributed by atoms with Crippen molar-refractivity contribution < 1.29 is 9.47 Å². The average Bonchev–Trinajstić information content (AvgIpc) is 2.60. The Bertz CT molecular complexity index is 849. The highest BCUT2D eigenvalue weighted by Gasteiger charge is 2.13. The van der Waals surface area contributed by atoms with E-state index in [-0.39, 0.29) is 11.5 Å². The molecule has 1 heterocycles. The van der Waals surface area contributed by atoms with Crippen LogP contribution in [0.5, 0.6) is 11.5 Å². The minimum atomic E-state index is -0.229. The van der Waals surface area contributed by atoms with Gasteiger partial charge in [0.1, 0.15) is 0 Å². The topological polar surface area (TPSA) is 88.6 Å². The van der Waals surface area contributed by atoms with Crippen LogP contribution in [0.3, 0.4) is 0 Å². The summed E-state index contributed by atoms with van der Waals surface area (Å²) in [5, 5.41) is 4.56. The second kappa shape index (κ2) is 9.97. The van der Waals surface area contributed by atoms with Crippen molar-refractivity contribution in [3.05, 3.63) is 44.8 Å². The zero-order valence-electron chi connectivity index (χ0n) is 16.0. The monoisotopic (exact) mass is 392 g/mol. The lowest BCUT2D eigenvalue weighted by Gasteiger charge is -2.15. The molecule has 7 nitrogen and oxygen atoms in total. The van der Waals surface area contributed by atoms with Crippen LogP contribution in [0.1, 0.15) is 39.0 Å². The minimum absolute atomic E-state index is 0.229. The summed E-state index contributed by atoms with van der Waals surface area (Å²) in [6.45, 7) is 8.98. The summed E-state index contributed by atoms with van der Waals surface area (Å²) in [5.74, 6) is 1.74. The van der Waals surface area contributed by atoms with E-state index >= 15 is 0 Å². The first-order valence-electron chi connectivity index (χ1n) is 8.91. The SMILES string of the molecule is CCOc1cc(/C=N\Nc2nc(CC)cc(=O)[nH]2)cc(Cl)c1OCC(C)C. The van der Waals surface area contributed by atoms with E-state index in [1.807, 2.05) is 13.8 Å². The number of hydrogen-bond acceptors (Lipinski definition) is 6. The molecule has 2 N–H and O–H groups in total. The molecule has 0 unspecified atom stereocenters. The minimum Gasteiger partial charge on any atom is -0.490 e. The Hall–Kier alpha value is -2.54. The summed E-state index contributed by atoms with van der Waals surface area (Å²) in [6, 6.07) is 5.00. The van der Waals surface area contributed by atoms with Gasteiger partial charge in [-0.3, -0.25) is 9.78 Å². The number of aryl methyl sites for hydroxylation is 1. The average molecular weight is 393 g/mol. The lowest BCUT2D eigenvalue weighted by Crippen LogP contribution is -2.11. The molecule has 8 heteroatoms. The van der Waals surface area contributed by atoms with Crippen molar-refractivity contribution in [1.82, 2.24) is 9.97 Å². The van der Waals surface area contributed by atoms with Crippen molar-refractivity contribution in [3.63, 3.8) is 0 Å². The number of rotatable bonds is 9. The van der Waals surface area contributed by atoms with Gasteiger partial charge in [0.15, 0.2) is 11.5 Å². The van der Waals surface area contributed by atoms with E-state index < -0.39 is 0 Å². The van der Waals surface area contributed by atoms with Crippen molar-refractivity contribution in [2.45, 2.75) is 34.1 Å². The first-order chi connectivity index (χ1) is 12.9. The molecule has 2 rings (SSSR count). The Balaban J connectivity index is 2.19. The van der Waals surface area contributed by atoms with E-state index in [2.05, 4.69) is 34.3 Å². The van der Waals surface area contributed by atoms with Crippen molar-refractivity contribution in [1.29, 1.82) is 0 Å². The Morgan fingerprint density at radius 3 is 2.74 bits per heavy atom. The molecule has 0 aliphatic rings. The number of benzene rings is 1. The Morgan fingerprint density at radius 1 is 1.30 bits per heavy atom. The van der Waals surface area contributed by atoms with E-state index in [0.717, 1.165) is 5.56 Å². The predicted octanol–water partition coefficient (Wildman–Crippen LogP) is 3.87. The van der Waals surface area contributed by atoms with Crippen LogP contribution in [-0.2, 0) is 6.42 Å². The number of halogens is 1. The van der Waals surface area contributed by atoms with Gasteiger partial charge in [-0.05, 0) is 37.0 Å². The molecule has 0 saturated carbocycles. The van der Waals surface area contributed by atoms with Gasteiger partial charge in [0, 0.05) is 11.8 Å². The summed E-state index contributed by atoms with van der Waals surface area (Å²) < 4.78 is 11.4. The fourth-order valence-electron chi connectivity index (χ4n) is 2.23. The highest BCUT2D eigenvalue weighted by atomic mass is 35.5. The number of aromatic nitrogens is 2. The summed E-state index contributed by atoms with van der Waals surface area (Å²) >= 11 is 6.36. The summed E-state index contributed by atoms with van der Waals surface area (Å²) in [5.41, 5.74) is 3.90. The molecule has 146 valence electrons. The van der Waals surface area contributed by atoms with Gasteiger partial charge in [0.25, 0.3) is 5.56 Å². The lowest BCUT2D eigenvalue weighted by atomic mass is 10.2. The molecule has 27 heavy (non-hydrogen) atoms. The van der Waals surface area contributed by atoms with Crippen molar-refractivity contribution in [2.24, 2.45) is 11.0 Å². The van der Waals surface area contributed by atoms with Crippen LogP contribution < -0.4 is 20.5 Å². The van der Waals surface area contributed by atoms with Crippen LogP contribution >= 0.6 is 11.6 Å². The van der Waals surface area contributed by atoms with Crippen molar-refractivity contribution in [2.75, 3.05) is 18.6 Å². The fourth-order valence-corrected chi connectivity index (χ4v) is 2.50. The van der Waals surface area contributed by atoms with Crippen LogP contribution in [0, 0.1) is 5.92 Å². The van der Waals surface area contributed by atoms with E-state index in [1.165, 1.54) is 6.07 Å². The van der Waals surface area contributed by atoms with Crippen LogP contribution in [0.25, 0.3) is 0 Å². The summed E-state index contributed by atoms with van der Waals surface area (Å²) in [6.07, 6.45) is 2.23. The fraction of sp³-hybridized carbons (Fsp3) is 0.421. The maximum Gasteiger partial charge on any atom is 0.252 e. The van der Waals surface area contributed by atoms with Gasteiger partial charge >= 0.3 is 0 Å². The van der Waals surface area contributed by atoms with Gasteiger partial charge < -0.3 is 9.47 Å². The molecule has 0 fully saturated rings.